The fourth-order valence-corrected chi connectivity index (χ4v) is 2.39. The fourth-order valence-electron chi connectivity index (χ4n) is 2.39. The van der Waals surface area contributed by atoms with Crippen molar-refractivity contribution in [1.82, 2.24) is 4.98 Å². The van der Waals surface area contributed by atoms with Gasteiger partial charge < -0.3 is 14.8 Å². The first-order chi connectivity index (χ1) is 8.16. The maximum absolute atomic E-state index is 10.7. The quantitative estimate of drug-likeness (QED) is 0.843. The Labute approximate surface area is 100 Å². The van der Waals surface area contributed by atoms with E-state index in [4.69, 9.17) is 9.52 Å². The van der Waals surface area contributed by atoms with Crippen molar-refractivity contribution in [3.63, 3.8) is 0 Å². The highest BCUT2D eigenvalue weighted by atomic mass is 16.4. The van der Waals surface area contributed by atoms with E-state index in [1.165, 1.54) is 32.1 Å². The number of carboxylic acids is 1. The van der Waals surface area contributed by atoms with Crippen molar-refractivity contribution in [2.45, 2.75) is 45.1 Å². The summed E-state index contributed by atoms with van der Waals surface area (Å²) >= 11 is 0. The lowest BCUT2D eigenvalue weighted by Gasteiger charge is -2.27. The average molecular weight is 238 g/mol. The molecular weight excluding hydrogens is 220 g/mol. The van der Waals surface area contributed by atoms with E-state index in [1.54, 1.807) is 0 Å². The number of carboxylic acid groups (broad SMARTS) is 1. The molecule has 1 aromatic heterocycles. The lowest BCUT2D eigenvalue weighted by atomic mass is 9.85. The van der Waals surface area contributed by atoms with Gasteiger partial charge in [-0.05, 0) is 25.7 Å². The van der Waals surface area contributed by atoms with Gasteiger partial charge >= 0.3 is 5.97 Å². The third kappa shape index (κ3) is 2.99. The van der Waals surface area contributed by atoms with Crippen molar-refractivity contribution >= 4 is 12.0 Å². The Morgan fingerprint density at radius 3 is 2.82 bits per heavy atom. The van der Waals surface area contributed by atoms with Gasteiger partial charge in [0.2, 0.25) is 0 Å². The maximum Gasteiger partial charge on any atom is 0.357 e. The first-order valence-electron chi connectivity index (χ1n) is 6.12. The summed E-state index contributed by atoms with van der Waals surface area (Å²) in [6.07, 6.45) is 7.50. The van der Waals surface area contributed by atoms with Crippen LogP contribution in [0, 0.1) is 5.92 Å². The number of rotatable bonds is 4. The normalized spacial score (nSPS) is 18.9. The standard InChI is InChI=1S/C12H18N2O3/c1-8(9-5-3-2-4-6-9)13-12-14-10(7-17-12)11(15)16/h7-9H,2-6H2,1H3,(H,13,14)(H,15,16). The predicted octanol–water partition coefficient (Wildman–Crippen LogP) is 2.75. The Kier molecular flexibility index (Phi) is 3.66. The zero-order valence-corrected chi connectivity index (χ0v) is 9.98. The molecule has 0 spiro atoms. The zero-order valence-electron chi connectivity index (χ0n) is 9.98. The molecule has 1 unspecified atom stereocenters. The minimum atomic E-state index is -1.06. The minimum Gasteiger partial charge on any atom is -0.476 e. The van der Waals surface area contributed by atoms with Crippen molar-refractivity contribution in [2.24, 2.45) is 5.92 Å². The third-order valence-corrected chi connectivity index (χ3v) is 3.43. The number of nitrogens with one attached hydrogen (secondary N) is 1. The summed E-state index contributed by atoms with van der Waals surface area (Å²) in [7, 11) is 0. The maximum atomic E-state index is 10.7. The summed E-state index contributed by atoms with van der Waals surface area (Å²) in [5, 5.41) is 11.9. The van der Waals surface area contributed by atoms with Crippen molar-refractivity contribution in [3.05, 3.63) is 12.0 Å². The third-order valence-electron chi connectivity index (χ3n) is 3.43. The van der Waals surface area contributed by atoms with Crippen LogP contribution in [0.2, 0.25) is 0 Å². The minimum absolute atomic E-state index is 0.0525. The molecule has 0 aliphatic heterocycles. The number of hydrogen-bond donors (Lipinski definition) is 2. The van der Waals surface area contributed by atoms with Crippen LogP contribution in [0.4, 0.5) is 6.01 Å². The van der Waals surface area contributed by atoms with Gasteiger partial charge in [-0.15, -0.1) is 0 Å². The Hall–Kier alpha value is -1.52. The van der Waals surface area contributed by atoms with Crippen molar-refractivity contribution in [1.29, 1.82) is 0 Å². The highest BCUT2D eigenvalue weighted by Gasteiger charge is 2.21. The van der Waals surface area contributed by atoms with Gasteiger partial charge in [-0.25, -0.2) is 4.79 Å². The van der Waals surface area contributed by atoms with E-state index in [-0.39, 0.29) is 11.7 Å². The molecule has 1 aliphatic rings. The van der Waals surface area contributed by atoms with Gasteiger partial charge in [-0.3, -0.25) is 0 Å². The molecule has 0 amide bonds. The van der Waals surface area contributed by atoms with E-state index >= 15 is 0 Å². The zero-order chi connectivity index (χ0) is 12.3. The molecule has 94 valence electrons. The molecule has 17 heavy (non-hydrogen) atoms. The molecule has 5 heteroatoms. The number of carbonyl (C=O) groups is 1. The lowest BCUT2D eigenvalue weighted by Crippen LogP contribution is -2.27. The van der Waals surface area contributed by atoms with E-state index < -0.39 is 5.97 Å². The molecule has 2 N–H and O–H groups in total. The number of hydrogen-bond acceptors (Lipinski definition) is 4. The Morgan fingerprint density at radius 2 is 2.24 bits per heavy atom. The Balaban J connectivity index is 1.92. The van der Waals surface area contributed by atoms with Crippen LogP contribution in [0.5, 0.6) is 0 Å². The molecule has 1 heterocycles. The van der Waals surface area contributed by atoms with Crippen LogP contribution < -0.4 is 5.32 Å². The Morgan fingerprint density at radius 1 is 1.53 bits per heavy atom. The molecule has 0 radical (unpaired) electrons. The topological polar surface area (TPSA) is 75.4 Å². The number of oxazole rings is 1. The summed E-state index contributed by atoms with van der Waals surface area (Å²) in [5.41, 5.74) is -0.0525. The first kappa shape index (κ1) is 12.0. The number of aromatic carboxylic acids is 1. The van der Waals surface area contributed by atoms with Crippen LogP contribution in [0.25, 0.3) is 0 Å². The van der Waals surface area contributed by atoms with Gasteiger partial charge in [0.1, 0.15) is 6.26 Å². The van der Waals surface area contributed by atoms with Gasteiger partial charge in [-0.1, -0.05) is 19.3 Å². The smallest absolute Gasteiger partial charge is 0.357 e. The molecule has 0 aromatic carbocycles. The van der Waals surface area contributed by atoms with E-state index in [0.717, 1.165) is 6.26 Å². The molecule has 1 saturated carbocycles. The molecule has 1 atom stereocenters. The average Bonchev–Trinajstić information content (AvgIpc) is 2.79. The molecule has 0 saturated heterocycles. The molecule has 1 aromatic rings. The van der Waals surface area contributed by atoms with E-state index in [9.17, 15) is 4.79 Å². The van der Waals surface area contributed by atoms with Crippen LogP contribution in [0.3, 0.4) is 0 Å². The summed E-state index contributed by atoms with van der Waals surface area (Å²) in [4.78, 5) is 14.5. The molecule has 2 rings (SSSR count). The van der Waals surface area contributed by atoms with Crippen LogP contribution in [0.15, 0.2) is 10.7 Å². The van der Waals surface area contributed by atoms with Gasteiger partial charge in [0, 0.05) is 6.04 Å². The molecule has 0 bridgehead atoms. The van der Waals surface area contributed by atoms with Crippen LogP contribution >= 0.6 is 0 Å². The number of anilines is 1. The molecular formula is C12H18N2O3. The largest absolute Gasteiger partial charge is 0.476 e. The second-order valence-electron chi connectivity index (χ2n) is 4.67. The van der Waals surface area contributed by atoms with E-state index in [0.29, 0.717) is 11.9 Å². The monoisotopic (exact) mass is 238 g/mol. The van der Waals surface area contributed by atoms with Crippen LogP contribution in [-0.2, 0) is 0 Å². The van der Waals surface area contributed by atoms with Gasteiger partial charge in [-0.2, -0.15) is 4.98 Å². The summed E-state index contributed by atoms with van der Waals surface area (Å²) < 4.78 is 5.08. The number of nitrogens with zero attached hydrogens (tertiary/aromatic N) is 1. The summed E-state index contributed by atoms with van der Waals surface area (Å²) in [5.74, 6) is -0.434. The van der Waals surface area contributed by atoms with Crippen molar-refractivity contribution < 1.29 is 14.3 Å². The molecule has 5 nitrogen and oxygen atoms in total. The van der Waals surface area contributed by atoms with Crippen LogP contribution in [-0.4, -0.2) is 22.1 Å². The summed E-state index contributed by atoms with van der Waals surface area (Å²) in [6.45, 7) is 2.10. The highest BCUT2D eigenvalue weighted by molar-refractivity contribution is 5.85. The van der Waals surface area contributed by atoms with Crippen LogP contribution in [0.1, 0.15) is 49.5 Å². The SMILES string of the molecule is CC(Nc1nc(C(=O)O)co1)C1CCCCC1. The summed E-state index contributed by atoms with van der Waals surface area (Å²) in [6, 6.07) is 0.580. The first-order valence-corrected chi connectivity index (χ1v) is 6.12. The van der Waals surface area contributed by atoms with Crippen molar-refractivity contribution in [3.8, 4) is 0 Å². The number of aromatic nitrogens is 1. The van der Waals surface area contributed by atoms with E-state index in [1.807, 2.05) is 0 Å². The Bertz CT molecular complexity index is 383. The second-order valence-corrected chi connectivity index (χ2v) is 4.67. The highest BCUT2D eigenvalue weighted by Crippen LogP contribution is 2.27. The van der Waals surface area contributed by atoms with Gasteiger partial charge in [0.05, 0.1) is 0 Å². The van der Waals surface area contributed by atoms with Gasteiger partial charge in [0.25, 0.3) is 6.01 Å². The predicted molar refractivity (Wildman–Crippen MR) is 63.1 cm³/mol. The lowest BCUT2D eigenvalue weighted by molar-refractivity contribution is 0.0690. The molecule has 1 aliphatic carbocycles. The fraction of sp³-hybridized carbons (Fsp3) is 0.667. The van der Waals surface area contributed by atoms with E-state index in [2.05, 4.69) is 17.2 Å². The van der Waals surface area contributed by atoms with Crippen molar-refractivity contribution in [2.75, 3.05) is 5.32 Å². The van der Waals surface area contributed by atoms with Gasteiger partial charge in [0.15, 0.2) is 5.69 Å². The molecule has 1 fully saturated rings. The second kappa shape index (κ2) is 5.21.